The molecule has 2 amide bonds. The van der Waals surface area contributed by atoms with Gasteiger partial charge in [-0.05, 0) is 57.2 Å². The minimum Gasteiger partial charge on any atom is -0.453 e. The lowest BCUT2D eigenvalue weighted by Crippen LogP contribution is -2.52. The second-order valence-corrected chi connectivity index (χ2v) is 13.2. The van der Waals surface area contributed by atoms with E-state index in [1.807, 2.05) is 57.2 Å². The summed E-state index contributed by atoms with van der Waals surface area (Å²) in [4.78, 5) is 67.2. The van der Waals surface area contributed by atoms with Gasteiger partial charge in [0.25, 0.3) is 0 Å². The normalized spacial score (nSPS) is 17.7. The zero-order valence-corrected chi connectivity index (χ0v) is 29.5. The number of rotatable bonds is 18. The highest BCUT2D eigenvalue weighted by molar-refractivity contribution is 6.25. The molecule has 0 spiro atoms. The maximum Gasteiger partial charge on any atom is 0.417 e. The Balaban J connectivity index is 1.75. The molecule has 1 heterocycles. The molecule has 0 unspecified atom stereocenters. The number of amides is 2. The summed E-state index contributed by atoms with van der Waals surface area (Å²) in [5, 5.41) is 9.68. The van der Waals surface area contributed by atoms with E-state index < -0.39 is 53.5 Å². The highest BCUT2D eigenvalue weighted by Crippen LogP contribution is 2.35. The van der Waals surface area contributed by atoms with Gasteiger partial charge in [-0.1, -0.05) is 74.0 Å². The van der Waals surface area contributed by atoms with Crippen LogP contribution < -0.4 is 0 Å². The number of esters is 1. The van der Waals surface area contributed by atoms with Crippen LogP contribution in [0.2, 0.25) is 0 Å². The number of cyclic esters (lactones) is 1. The molecular formula is C38H49NO10. The number of aliphatic hydroxyl groups is 1. The van der Waals surface area contributed by atoms with Crippen LogP contribution >= 0.6 is 0 Å². The van der Waals surface area contributed by atoms with Crippen LogP contribution in [0.3, 0.4) is 0 Å². The fourth-order valence-electron chi connectivity index (χ4n) is 6.01. The number of aliphatic hydroxyl groups excluding tert-OH is 1. The number of ether oxygens (including phenoxy) is 4. The van der Waals surface area contributed by atoms with Crippen LogP contribution in [0, 0.1) is 18.8 Å². The highest BCUT2D eigenvalue weighted by atomic mass is 16.6. The molecule has 4 atom stereocenters. The first kappa shape index (κ1) is 39.3. The van der Waals surface area contributed by atoms with E-state index in [2.05, 4.69) is 0 Å². The molecule has 11 nitrogen and oxygen atoms in total. The van der Waals surface area contributed by atoms with Gasteiger partial charge in [0.15, 0.2) is 17.7 Å². The number of allylic oxidation sites excluding steroid dienone is 1. The number of aryl methyl sites for hydroxylation is 1. The molecule has 2 aromatic carbocycles. The van der Waals surface area contributed by atoms with Crippen LogP contribution in [0.5, 0.6) is 0 Å². The Labute approximate surface area is 288 Å². The summed E-state index contributed by atoms with van der Waals surface area (Å²) >= 11 is 0. The van der Waals surface area contributed by atoms with Gasteiger partial charge < -0.3 is 24.1 Å². The molecule has 1 fully saturated rings. The number of Topliss-reactive ketones (excluding diaryl/α,β-unsaturated/α-hetero) is 1. The van der Waals surface area contributed by atoms with Crippen LogP contribution in [-0.2, 0) is 44.7 Å². The zero-order valence-electron chi connectivity index (χ0n) is 29.5. The van der Waals surface area contributed by atoms with Gasteiger partial charge in [-0.15, -0.1) is 0 Å². The van der Waals surface area contributed by atoms with E-state index in [1.54, 1.807) is 32.0 Å². The molecule has 3 rings (SSSR count). The predicted molar refractivity (Wildman–Crippen MR) is 182 cm³/mol. The number of nitrogens with zero attached hydrogens (tertiary/aromatic N) is 1. The van der Waals surface area contributed by atoms with Crippen molar-refractivity contribution in [2.24, 2.45) is 11.8 Å². The molecule has 0 saturated carbocycles. The summed E-state index contributed by atoms with van der Waals surface area (Å²) in [5.41, 5.74) is 1.43. The summed E-state index contributed by atoms with van der Waals surface area (Å²) < 4.78 is 22.3. The van der Waals surface area contributed by atoms with Crippen molar-refractivity contribution in [2.45, 2.75) is 91.8 Å². The Morgan fingerprint density at radius 1 is 1.04 bits per heavy atom. The van der Waals surface area contributed by atoms with Crippen LogP contribution in [0.15, 0.2) is 60.7 Å². The van der Waals surface area contributed by atoms with Crippen molar-refractivity contribution >= 4 is 35.1 Å². The van der Waals surface area contributed by atoms with Crippen molar-refractivity contribution in [1.29, 1.82) is 0 Å². The molecule has 1 saturated heterocycles. The quantitative estimate of drug-likeness (QED) is 0.126. The van der Waals surface area contributed by atoms with Crippen molar-refractivity contribution in [2.75, 3.05) is 19.8 Å². The molecule has 0 aromatic heterocycles. The molecule has 11 heteroatoms. The third kappa shape index (κ3) is 10.9. The van der Waals surface area contributed by atoms with E-state index in [0.29, 0.717) is 18.6 Å². The average molecular weight is 680 g/mol. The van der Waals surface area contributed by atoms with E-state index in [0.717, 1.165) is 29.0 Å². The molecule has 2 aromatic rings. The fourth-order valence-corrected chi connectivity index (χ4v) is 6.01. The molecule has 1 N–H and O–H groups in total. The molecule has 0 aliphatic carbocycles. The van der Waals surface area contributed by atoms with E-state index in [9.17, 15) is 29.1 Å². The number of imide groups is 1. The number of hydrogen-bond acceptors (Lipinski definition) is 10. The minimum atomic E-state index is -1.60. The lowest BCUT2D eigenvalue weighted by atomic mass is 9.87. The predicted octanol–water partition coefficient (Wildman–Crippen LogP) is 5.24. The van der Waals surface area contributed by atoms with Gasteiger partial charge >= 0.3 is 12.1 Å². The highest BCUT2D eigenvalue weighted by Gasteiger charge is 2.53. The second kappa shape index (κ2) is 18.0. The van der Waals surface area contributed by atoms with Gasteiger partial charge in [-0.3, -0.25) is 19.2 Å². The molecule has 0 radical (unpaired) electrons. The number of carbonyl (C=O) groups is 5. The van der Waals surface area contributed by atoms with Gasteiger partial charge in [-0.2, -0.15) is 0 Å². The standard InChI is InChI=1S/C38H49NO10/c1-24(2)35-38(6,7)49-37(45)39(35)36(44)26(4)34(48-27(5)41)33(43)20-31(29-16-11-13-25(3)19-29)32(42)17-12-18-46-23-30(21-40)47-22-28-14-9-8-10-15-28/h8-11,13-16,19-20,24,26,30,34-35,40H,12,17-18,21-23H2,1-7H3/t26-,30-,34-,35-/m1/s1. The summed E-state index contributed by atoms with van der Waals surface area (Å²) in [6.07, 6.45) is -1.52. The average Bonchev–Trinajstić information content (AvgIpc) is 3.30. The lowest BCUT2D eigenvalue weighted by Gasteiger charge is -2.33. The third-order valence-electron chi connectivity index (χ3n) is 8.27. The Bertz CT molecular complexity index is 1500. The number of hydrogen-bond donors (Lipinski definition) is 1. The maximum absolute atomic E-state index is 13.8. The van der Waals surface area contributed by atoms with E-state index in [4.69, 9.17) is 18.9 Å². The first-order chi connectivity index (χ1) is 23.2. The SMILES string of the molecule is CC(=O)O[C@@H](C(=O)C=C(C(=O)CCCOC[C@@H](CO)OCc1ccccc1)c1cccc(C)c1)[C@@H](C)C(=O)N1C(=O)OC(C)(C)[C@H]1C(C)C. The number of benzene rings is 2. The summed E-state index contributed by atoms with van der Waals surface area (Å²) in [5.74, 6) is -4.08. The first-order valence-electron chi connectivity index (χ1n) is 16.6. The topological polar surface area (TPSA) is 146 Å². The smallest absolute Gasteiger partial charge is 0.417 e. The van der Waals surface area contributed by atoms with Gasteiger partial charge in [-0.25, -0.2) is 9.69 Å². The Morgan fingerprint density at radius 2 is 1.73 bits per heavy atom. The zero-order chi connectivity index (χ0) is 36.3. The summed E-state index contributed by atoms with van der Waals surface area (Å²) in [6, 6.07) is 16.0. The summed E-state index contributed by atoms with van der Waals surface area (Å²) in [7, 11) is 0. The Hall–Kier alpha value is -4.19. The van der Waals surface area contributed by atoms with Crippen LogP contribution in [0.25, 0.3) is 5.57 Å². The van der Waals surface area contributed by atoms with Gasteiger partial charge in [0.1, 0.15) is 11.7 Å². The van der Waals surface area contributed by atoms with Gasteiger partial charge in [0.05, 0.1) is 31.8 Å². The third-order valence-corrected chi connectivity index (χ3v) is 8.27. The van der Waals surface area contributed by atoms with Crippen molar-refractivity contribution in [3.05, 3.63) is 77.4 Å². The van der Waals surface area contributed by atoms with Crippen LogP contribution in [0.1, 0.15) is 71.1 Å². The first-order valence-corrected chi connectivity index (χ1v) is 16.6. The second-order valence-electron chi connectivity index (χ2n) is 13.2. The van der Waals surface area contributed by atoms with Crippen LogP contribution in [-0.4, -0.2) is 83.2 Å². The van der Waals surface area contributed by atoms with Gasteiger partial charge in [0, 0.05) is 25.5 Å². The molecule has 49 heavy (non-hydrogen) atoms. The van der Waals surface area contributed by atoms with Crippen molar-refractivity contribution in [3.63, 3.8) is 0 Å². The summed E-state index contributed by atoms with van der Waals surface area (Å²) in [6.45, 7) is 11.9. The lowest BCUT2D eigenvalue weighted by molar-refractivity contribution is -0.158. The van der Waals surface area contributed by atoms with E-state index in [1.165, 1.54) is 6.92 Å². The fraction of sp³-hybridized carbons (Fsp3) is 0.500. The maximum atomic E-state index is 13.8. The van der Waals surface area contributed by atoms with E-state index in [-0.39, 0.29) is 43.5 Å². The van der Waals surface area contributed by atoms with Crippen LogP contribution in [0.4, 0.5) is 4.79 Å². The Morgan fingerprint density at radius 3 is 2.35 bits per heavy atom. The number of ketones is 2. The van der Waals surface area contributed by atoms with Crippen molar-refractivity contribution < 1.29 is 48.0 Å². The van der Waals surface area contributed by atoms with E-state index >= 15 is 0 Å². The minimum absolute atomic E-state index is 0.0270. The van der Waals surface area contributed by atoms with Gasteiger partial charge in [0.2, 0.25) is 5.91 Å². The molecular weight excluding hydrogens is 630 g/mol. The molecule has 1 aliphatic heterocycles. The monoisotopic (exact) mass is 679 g/mol. The molecule has 1 aliphatic rings. The largest absolute Gasteiger partial charge is 0.453 e. The van der Waals surface area contributed by atoms with Crippen molar-refractivity contribution in [3.8, 4) is 0 Å². The number of carbonyl (C=O) groups excluding carboxylic acids is 5. The Kier molecular flexibility index (Phi) is 14.4. The molecule has 0 bridgehead atoms. The molecule has 266 valence electrons. The van der Waals surface area contributed by atoms with Crippen molar-refractivity contribution in [1.82, 2.24) is 4.90 Å².